The monoisotopic (exact) mass is 452 g/mol. The summed E-state index contributed by atoms with van der Waals surface area (Å²) < 4.78 is 21.3. The number of amides is 1. The smallest absolute Gasteiger partial charge is 0.237 e. The van der Waals surface area contributed by atoms with Crippen molar-refractivity contribution >= 4 is 23.4 Å². The molecule has 2 aromatic carbocycles. The highest BCUT2D eigenvalue weighted by Crippen LogP contribution is 2.33. The van der Waals surface area contributed by atoms with Crippen LogP contribution in [0.4, 0.5) is 10.1 Å². The van der Waals surface area contributed by atoms with Crippen molar-refractivity contribution in [2.75, 3.05) is 17.3 Å². The lowest BCUT2D eigenvalue weighted by atomic mass is 10.1. The lowest BCUT2D eigenvalue weighted by Crippen LogP contribution is -2.37. The zero-order valence-electron chi connectivity index (χ0n) is 17.9. The Morgan fingerprint density at radius 2 is 2.00 bits per heavy atom. The van der Waals surface area contributed by atoms with Gasteiger partial charge < -0.3 is 9.64 Å². The van der Waals surface area contributed by atoms with E-state index in [0.717, 1.165) is 37.1 Å². The van der Waals surface area contributed by atoms with Crippen molar-refractivity contribution in [3.05, 3.63) is 59.9 Å². The van der Waals surface area contributed by atoms with Gasteiger partial charge in [0.15, 0.2) is 11.0 Å². The average Bonchev–Trinajstić information content (AvgIpc) is 3.52. The molecule has 0 bridgehead atoms. The Balaban J connectivity index is 1.37. The van der Waals surface area contributed by atoms with Gasteiger partial charge in [0, 0.05) is 23.9 Å². The zero-order valence-corrected chi connectivity index (χ0v) is 18.7. The minimum Gasteiger partial charge on any atom is -0.376 e. The van der Waals surface area contributed by atoms with E-state index >= 15 is 0 Å². The van der Waals surface area contributed by atoms with Crippen molar-refractivity contribution < 1.29 is 13.9 Å². The predicted molar refractivity (Wildman–Crippen MR) is 122 cm³/mol. The summed E-state index contributed by atoms with van der Waals surface area (Å²) in [5.41, 5.74) is 2.99. The number of nitrogens with zero attached hydrogens (tertiary/aromatic N) is 4. The highest BCUT2D eigenvalue weighted by molar-refractivity contribution is 7.99. The van der Waals surface area contributed by atoms with E-state index in [1.165, 1.54) is 29.5 Å². The third-order valence-corrected chi connectivity index (χ3v) is 6.98. The van der Waals surface area contributed by atoms with Crippen molar-refractivity contribution in [1.82, 2.24) is 14.8 Å². The number of halogens is 1. The van der Waals surface area contributed by atoms with E-state index < -0.39 is 0 Å². The lowest BCUT2D eigenvalue weighted by molar-refractivity contribution is -0.116. The Morgan fingerprint density at radius 1 is 1.19 bits per heavy atom. The molecule has 2 aliphatic heterocycles. The maximum Gasteiger partial charge on any atom is 0.237 e. The Hall–Kier alpha value is -2.71. The van der Waals surface area contributed by atoms with Crippen molar-refractivity contribution in [2.45, 2.75) is 50.0 Å². The van der Waals surface area contributed by atoms with Crippen LogP contribution >= 0.6 is 11.8 Å². The summed E-state index contributed by atoms with van der Waals surface area (Å²) in [4.78, 5) is 15.0. The van der Waals surface area contributed by atoms with Crippen LogP contribution in [0.25, 0.3) is 11.4 Å². The number of carbonyl (C=O) groups excluding carboxylic acids is 1. The second-order valence-electron chi connectivity index (χ2n) is 8.29. The number of fused-ring (bicyclic) bond motifs is 1. The molecule has 3 heterocycles. The van der Waals surface area contributed by atoms with Crippen LogP contribution in [0, 0.1) is 5.82 Å². The molecule has 5 rings (SSSR count). The molecule has 6 nitrogen and oxygen atoms in total. The second-order valence-corrected chi connectivity index (χ2v) is 9.24. The fourth-order valence-corrected chi connectivity index (χ4v) is 5.31. The van der Waals surface area contributed by atoms with Crippen LogP contribution in [-0.4, -0.2) is 45.2 Å². The summed E-state index contributed by atoms with van der Waals surface area (Å²) in [6, 6.07) is 14.5. The molecule has 2 aliphatic rings. The molecule has 1 amide bonds. The Labute approximate surface area is 190 Å². The number of aromatic nitrogens is 3. The Morgan fingerprint density at radius 3 is 2.78 bits per heavy atom. The number of ether oxygens (including phenoxy) is 1. The van der Waals surface area contributed by atoms with Crippen LogP contribution in [0.3, 0.4) is 0 Å². The van der Waals surface area contributed by atoms with Gasteiger partial charge in [0.05, 0.1) is 18.4 Å². The molecular weight excluding hydrogens is 427 g/mol. The molecule has 32 heavy (non-hydrogen) atoms. The number of thioether (sulfide) groups is 1. The van der Waals surface area contributed by atoms with Crippen LogP contribution in [-0.2, 0) is 22.5 Å². The molecule has 0 spiro atoms. The van der Waals surface area contributed by atoms with Gasteiger partial charge in [-0.05, 0) is 62.1 Å². The summed E-state index contributed by atoms with van der Waals surface area (Å²) in [6.45, 7) is 3.44. The summed E-state index contributed by atoms with van der Waals surface area (Å²) in [6.07, 6.45) is 2.97. The van der Waals surface area contributed by atoms with Crippen LogP contribution in [0.15, 0.2) is 53.7 Å². The minimum atomic E-state index is -0.292. The summed E-state index contributed by atoms with van der Waals surface area (Å²) in [5.74, 6) is 0.697. The van der Waals surface area contributed by atoms with Gasteiger partial charge in [0.25, 0.3) is 0 Å². The maximum absolute atomic E-state index is 13.4. The molecule has 0 N–H and O–H groups in total. The number of para-hydroxylation sites is 1. The van der Waals surface area contributed by atoms with Crippen molar-refractivity contribution in [1.29, 1.82) is 0 Å². The third kappa shape index (κ3) is 4.17. The largest absolute Gasteiger partial charge is 0.376 e. The number of benzene rings is 2. The second kappa shape index (κ2) is 9.03. The van der Waals surface area contributed by atoms with Crippen LogP contribution < -0.4 is 4.90 Å². The van der Waals surface area contributed by atoms with Gasteiger partial charge >= 0.3 is 0 Å². The van der Waals surface area contributed by atoms with Crippen molar-refractivity contribution in [3.8, 4) is 11.4 Å². The first-order valence-electron chi connectivity index (χ1n) is 10.9. The molecule has 2 unspecified atom stereocenters. The molecule has 166 valence electrons. The van der Waals surface area contributed by atoms with Gasteiger partial charge in [-0.3, -0.25) is 9.36 Å². The van der Waals surface area contributed by atoms with E-state index in [1.54, 1.807) is 12.1 Å². The van der Waals surface area contributed by atoms with Gasteiger partial charge in [-0.1, -0.05) is 30.0 Å². The van der Waals surface area contributed by atoms with Gasteiger partial charge in [0.2, 0.25) is 5.91 Å². The molecule has 0 radical (unpaired) electrons. The van der Waals surface area contributed by atoms with E-state index in [9.17, 15) is 9.18 Å². The van der Waals surface area contributed by atoms with Gasteiger partial charge in [-0.15, -0.1) is 10.2 Å². The molecule has 8 heteroatoms. The first kappa shape index (κ1) is 21.2. The van der Waals surface area contributed by atoms with Gasteiger partial charge in [0.1, 0.15) is 5.82 Å². The summed E-state index contributed by atoms with van der Waals surface area (Å²) >= 11 is 1.39. The number of rotatable bonds is 6. The van der Waals surface area contributed by atoms with E-state index in [0.29, 0.717) is 17.5 Å². The van der Waals surface area contributed by atoms with Crippen LogP contribution in [0.2, 0.25) is 0 Å². The van der Waals surface area contributed by atoms with E-state index in [4.69, 9.17) is 4.74 Å². The number of hydrogen-bond acceptors (Lipinski definition) is 5. The quantitative estimate of drug-likeness (QED) is 0.521. The van der Waals surface area contributed by atoms with Crippen molar-refractivity contribution in [3.63, 3.8) is 0 Å². The van der Waals surface area contributed by atoms with Crippen LogP contribution in [0.5, 0.6) is 0 Å². The van der Waals surface area contributed by atoms with Gasteiger partial charge in [-0.25, -0.2) is 4.39 Å². The molecular formula is C24H25FN4O2S. The SMILES string of the molecule is CC1Cc2ccccc2N1C(=O)CSc1nnc(-c2ccc(F)cc2)n1CC1CCCO1. The third-order valence-electron chi connectivity index (χ3n) is 6.03. The lowest BCUT2D eigenvalue weighted by Gasteiger charge is -2.22. The molecule has 2 atom stereocenters. The molecule has 1 fully saturated rings. The molecule has 0 aliphatic carbocycles. The van der Waals surface area contributed by atoms with Crippen molar-refractivity contribution in [2.24, 2.45) is 0 Å². The topological polar surface area (TPSA) is 60.2 Å². The molecule has 1 saturated heterocycles. The van der Waals surface area contributed by atoms with E-state index in [2.05, 4.69) is 23.2 Å². The summed E-state index contributed by atoms with van der Waals surface area (Å²) in [5, 5.41) is 9.42. The first-order chi connectivity index (χ1) is 15.6. The fraction of sp³-hybridized carbons (Fsp3) is 0.375. The highest BCUT2D eigenvalue weighted by Gasteiger charge is 2.31. The maximum atomic E-state index is 13.4. The fourth-order valence-electron chi connectivity index (χ4n) is 4.51. The highest BCUT2D eigenvalue weighted by atomic mass is 32.2. The molecule has 1 aromatic heterocycles. The first-order valence-corrected chi connectivity index (χ1v) is 11.9. The summed E-state index contributed by atoms with van der Waals surface area (Å²) in [7, 11) is 0. The standard InChI is InChI=1S/C24H25FN4O2S/c1-16-13-18-5-2-3-7-21(18)29(16)22(30)15-32-24-27-26-23(17-8-10-19(25)11-9-17)28(24)14-20-6-4-12-31-20/h2-3,5,7-11,16,20H,4,6,12-15H2,1H3. The Bertz CT molecular complexity index is 1110. The minimum absolute atomic E-state index is 0.0578. The van der Waals surface area contributed by atoms with E-state index in [-0.39, 0.29) is 29.6 Å². The number of carbonyl (C=O) groups is 1. The van der Waals surface area contributed by atoms with Crippen LogP contribution in [0.1, 0.15) is 25.3 Å². The molecule has 0 saturated carbocycles. The van der Waals surface area contributed by atoms with Gasteiger partial charge in [-0.2, -0.15) is 0 Å². The Kier molecular flexibility index (Phi) is 5.97. The predicted octanol–water partition coefficient (Wildman–Crippen LogP) is 4.33. The number of anilines is 1. The van der Waals surface area contributed by atoms with E-state index in [1.807, 2.05) is 27.7 Å². The number of hydrogen-bond donors (Lipinski definition) is 0. The average molecular weight is 453 g/mol. The normalized spacial score (nSPS) is 20.0. The zero-order chi connectivity index (χ0) is 22.1. The molecule has 3 aromatic rings.